The highest BCUT2D eigenvalue weighted by Gasteiger charge is 2.15. The molecule has 1 unspecified atom stereocenters. The number of morpholine rings is 1. The first-order valence-corrected chi connectivity index (χ1v) is 6.47. The van der Waals surface area contributed by atoms with Crippen LogP contribution in [0, 0.1) is 0 Å². The highest BCUT2D eigenvalue weighted by atomic mass is 16.5. The SMILES string of the molecule is COc1ccc(N2CCOCC2)cc1C(C)CN. The molecule has 0 saturated carbocycles. The summed E-state index contributed by atoms with van der Waals surface area (Å²) in [4.78, 5) is 2.34. The molecular formula is C14H22N2O2. The summed E-state index contributed by atoms with van der Waals surface area (Å²) in [5.74, 6) is 1.23. The Morgan fingerprint density at radius 2 is 2.11 bits per heavy atom. The molecule has 0 aromatic heterocycles. The number of nitrogens with two attached hydrogens (primary N) is 1. The van der Waals surface area contributed by atoms with Crippen LogP contribution in [0.4, 0.5) is 5.69 Å². The molecule has 4 heteroatoms. The Morgan fingerprint density at radius 1 is 1.39 bits per heavy atom. The summed E-state index contributed by atoms with van der Waals surface area (Å²) in [5, 5.41) is 0. The lowest BCUT2D eigenvalue weighted by Crippen LogP contribution is -2.36. The van der Waals surface area contributed by atoms with E-state index in [1.165, 1.54) is 11.3 Å². The number of methoxy groups -OCH3 is 1. The van der Waals surface area contributed by atoms with E-state index in [1.54, 1.807) is 7.11 Å². The molecule has 1 atom stereocenters. The van der Waals surface area contributed by atoms with Gasteiger partial charge in [0, 0.05) is 24.3 Å². The molecule has 1 aromatic rings. The Labute approximate surface area is 109 Å². The van der Waals surface area contributed by atoms with Crippen LogP contribution in [0.25, 0.3) is 0 Å². The van der Waals surface area contributed by atoms with Crippen molar-refractivity contribution in [2.45, 2.75) is 12.8 Å². The van der Waals surface area contributed by atoms with E-state index < -0.39 is 0 Å². The Kier molecular flexibility index (Phi) is 4.44. The molecule has 100 valence electrons. The van der Waals surface area contributed by atoms with Crippen molar-refractivity contribution >= 4 is 5.69 Å². The molecule has 4 nitrogen and oxygen atoms in total. The molecule has 1 aromatic carbocycles. The van der Waals surface area contributed by atoms with Gasteiger partial charge in [-0.1, -0.05) is 6.92 Å². The second-order valence-corrected chi connectivity index (χ2v) is 4.66. The van der Waals surface area contributed by atoms with Crippen molar-refractivity contribution < 1.29 is 9.47 Å². The average molecular weight is 250 g/mol. The third-order valence-corrected chi connectivity index (χ3v) is 3.47. The van der Waals surface area contributed by atoms with Crippen LogP contribution in [0.15, 0.2) is 18.2 Å². The summed E-state index contributed by atoms with van der Waals surface area (Å²) in [6.45, 7) is 6.25. The molecule has 18 heavy (non-hydrogen) atoms. The molecule has 0 amide bonds. The van der Waals surface area contributed by atoms with E-state index in [9.17, 15) is 0 Å². The summed E-state index contributed by atoms with van der Waals surface area (Å²) in [6.07, 6.45) is 0. The molecule has 0 spiro atoms. The summed E-state index contributed by atoms with van der Waals surface area (Å²) >= 11 is 0. The van der Waals surface area contributed by atoms with E-state index in [1.807, 2.05) is 6.07 Å². The average Bonchev–Trinajstić information content (AvgIpc) is 2.46. The maximum absolute atomic E-state index is 5.77. The Bertz CT molecular complexity index is 389. The van der Waals surface area contributed by atoms with Crippen LogP contribution in [0.5, 0.6) is 5.75 Å². The first kappa shape index (κ1) is 13.2. The molecule has 2 N–H and O–H groups in total. The fourth-order valence-electron chi connectivity index (χ4n) is 2.25. The van der Waals surface area contributed by atoms with Gasteiger partial charge in [0.05, 0.1) is 20.3 Å². The summed E-state index contributed by atoms with van der Waals surface area (Å²) in [6, 6.07) is 6.34. The molecule has 0 aliphatic carbocycles. The molecule has 1 heterocycles. The summed E-state index contributed by atoms with van der Waals surface area (Å²) in [7, 11) is 1.70. The third kappa shape index (κ3) is 2.76. The highest BCUT2D eigenvalue weighted by molar-refractivity contribution is 5.54. The standard InChI is InChI=1S/C14H22N2O2/c1-11(10-15)13-9-12(3-4-14(13)17-2)16-5-7-18-8-6-16/h3-4,9,11H,5-8,10,15H2,1-2H3. The van der Waals surface area contributed by atoms with Gasteiger partial charge < -0.3 is 20.1 Å². The minimum Gasteiger partial charge on any atom is -0.496 e. The van der Waals surface area contributed by atoms with Gasteiger partial charge in [-0.15, -0.1) is 0 Å². The van der Waals surface area contributed by atoms with Gasteiger partial charge in [-0.2, -0.15) is 0 Å². The smallest absolute Gasteiger partial charge is 0.122 e. The summed E-state index contributed by atoms with van der Waals surface area (Å²) < 4.78 is 10.8. The monoisotopic (exact) mass is 250 g/mol. The van der Waals surface area contributed by atoms with Crippen LogP contribution in [0.3, 0.4) is 0 Å². The van der Waals surface area contributed by atoms with Crippen LogP contribution in [-0.4, -0.2) is 40.0 Å². The largest absolute Gasteiger partial charge is 0.496 e. The molecule has 2 rings (SSSR count). The maximum Gasteiger partial charge on any atom is 0.122 e. The van der Waals surface area contributed by atoms with Crippen LogP contribution in [0.1, 0.15) is 18.4 Å². The van der Waals surface area contributed by atoms with Crippen molar-refractivity contribution in [2.75, 3.05) is 44.9 Å². The van der Waals surface area contributed by atoms with Gasteiger partial charge in [0.25, 0.3) is 0 Å². The predicted octanol–water partition coefficient (Wildman–Crippen LogP) is 1.59. The third-order valence-electron chi connectivity index (χ3n) is 3.47. The lowest BCUT2D eigenvalue weighted by atomic mass is 9.99. The van der Waals surface area contributed by atoms with E-state index in [4.69, 9.17) is 15.2 Å². The van der Waals surface area contributed by atoms with E-state index in [0.29, 0.717) is 12.5 Å². The summed E-state index contributed by atoms with van der Waals surface area (Å²) in [5.41, 5.74) is 8.18. The van der Waals surface area contributed by atoms with Crippen LogP contribution < -0.4 is 15.4 Å². The number of anilines is 1. The van der Waals surface area contributed by atoms with Crippen LogP contribution in [0.2, 0.25) is 0 Å². The lowest BCUT2D eigenvalue weighted by molar-refractivity contribution is 0.122. The number of nitrogens with zero attached hydrogens (tertiary/aromatic N) is 1. The zero-order valence-electron chi connectivity index (χ0n) is 11.2. The van der Waals surface area contributed by atoms with E-state index in [2.05, 4.69) is 24.0 Å². The fourth-order valence-corrected chi connectivity index (χ4v) is 2.25. The van der Waals surface area contributed by atoms with Gasteiger partial charge >= 0.3 is 0 Å². The second-order valence-electron chi connectivity index (χ2n) is 4.66. The van der Waals surface area contributed by atoms with Gasteiger partial charge in [-0.3, -0.25) is 0 Å². The van der Waals surface area contributed by atoms with Crippen molar-refractivity contribution in [2.24, 2.45) is 5.73 Å². The van der Waals surface area contributed by atoms with Crippen molar-refractivity contribution in [3.05, 3.63) is 23.8 Å². The first-order chi connectivity index (χ1) is 8.76. The van der Waals surface area contributed by atoms with Gasteiger partial charge in [0.15, 0.2) is 0 Å². The van der Waals surface area contributed by atoms with Gasteiger partial charge in [0.2, 0.25) is 0 Å². The molecular weight excluding hydrogens is 228 g/mol. The van der Waals surface area contributed by atoms with E-state index in [-0.39, 0.29) is 0 Å². The second kappa shape index (κ2) is 6.07. The maximum atomic E-state index is 5.77. The van der Waals surface area contributed by atoms with E-state index in [0.717, 1.165) is 32.1 Å². The van der Waals surface area contributed by atoms with Crippen molar-refractivity contribution in [1.82, 2.24) is 0 Å². The number of ether oxygens (including phenoxy) is 2. The van der Waals surface area contributed by atoms with Gasteiger partial charge in [-0.05, 0) is 30.7 Å². The first-order valence-electron chi connectivity index (χ1n) is 6.47. The highest BCUT2D eigenvalue weighted by Crippen LogP contribution is 2.30. The van der Waals surface area contributed by atoms with Crippen molar-refractivity contribution in [1.29, 1.82) is 0 Å². The molecule has 0 bridgehead atoms. The topological polar surface area (TPSA) is 47.7 Å². The van der Waals surface area contributed by atoms with Crippen LogP contribution in [-0.2, 0) is 4.74 Å². The predicted molar refractivity (Wildman–Crippen MR) is 73.5 cm³/mol. The van der Waals surface area contributed by atoms with Gasteiger partial charge in [-0.25, -0.2) is 0 Å². The lowest BCUT2D eigenvalue weighted by Gasteiger charge is -2.30. The molecule has 1 fully saturated rings. The normalized spacial score (nSPS) is 17.6. The van der Waals surface area contributed by atoms with Crippen LogP contribution >= 0.6 is 0 Å². The molecule has 1 aliphatic rings. The minimum absolute atomic E-state index is 0.306. The Morgan fingerprint density at radius 3 is 2.72 bits per heavy atom. The Hall–Kier alpha value is -1.26. The number of hydrogen-bond acceptors (Lipinski definition) is 4. The molecule has 1 aliphatic heterocycles. The number of hydrogen-bond donors (Lipinski definition) is 1. The number of rotatable bonds is 4. The zero-order valence-corrected chi connectivity index (χ0v) is 11.2. The van der Waals surface area contributed by atoms with Gasteiger partial charge in [0.1, 0.15) is 5.75 Å². The van der Waals surface area contributed by atoms with Crippen molar-refractivity contribution in [3.63, 3.8) is 0 Å². The fraction of sp³-hybridized carbons (Fsp3) is 0.571. The number of benzene rings is 1. The van der Waals surface area contributed by atoms with E-state index >= 15 is 0 Å². The molecule has 0 radical (unpaired) electrons. The molecule has 1 saturated heterocycles. The zero-order chi connectivity index (χ0) is 13.0. The Balaban J connectivity index is 2.26. The quantitative estimate of drug-likeness (QED) is 0.881. The van der Waals surface area contributed by atoms with Crippen molar-refractivity contribution in [3.8, 4) is 5.75 Å². The minimum atomic E-state index is 0.306.